The van der Waals surface area contributed by atoms with Crippen molar-refractivity contribution in [1.82, 2.24) is 9.55 Å². The largest absolute Gasteiger partial charge is 0.414 e. The molecule has 0 aromatic carbocycles. The van der Waals surface area contributed by atoms with Gasteiger partial charge in [0, 0.05) is 24.9 Å². The fourth-order valence-electron chi connectivity index (χ4n) is 2.29. The van der Waals surface area contributed by atoms with Gasteiger partial charge in [0.05, 0.1) is 12.3 Å². The van der Waals surface area contributed by atoms with Crippen molar-refractivity contribution in [3.05, 3.63) is 39.2 Å². The van der Waals surface area contributed by atoms with E-state index in [1.807, 2.05) is 0 Å². The summed E-state index contributed by atoms with van der Waals surface area (Å²) in [7, 11) is -2.04. The molecule has 0 saturated carbocycles. The van der Waals surface area contributed by atoms with E-state index in [1.165, 1.54) is 18.3 Å². The van der Waals surface area contributed by atoms with E-state index in [0.717, 1.165) is 4.57 Å². The molecule has 27 heavy (non-hydrogen) atoms. The predicted octanol–water partition coefficient (Wildman–Crippen LogP) is 1.73. The van der Waals surface area contributed by atoms with Crippen LogP contribution in [0.4, 0.5) is 0 Å². The smallest absolute Gasteiger partial charge is 0.332 e. The molecule has 0 radical (unpaired) electrons. The van der Waals surface area contributed by atoms with Gasteiger partial charge in [-0.25, -0.2) is 4.79 Å². The first-order valence-electron chi connectivity index (χ1n) is 8.95. The highest BCUT2D eigenvalue weighted by molar-refractivity contribution is 6.74. The molecule has 9 heteroatoms. The van der Waals surface area contributed by atoms with Crippen LogP contribution >= 0.6 is 0 Å². The zero-order chi connectivity index (χ0) is 20.4. The molecule has 150 valence electrons. The third kappa shape index (κ3) is 4.92. The molecule has 1 aliphatic heterocycles. The molecule has 0 aliphatic carbocycles. The van der Waals surface area contributed by atoms with Gasteiger partial charge in [0.1, 0.15) is 6.10 Å². The van der Waals surface area contributed by atoms with Gasteiger partial charge in [0.15, 0.2) is 14.1 Å². The number of hydrogen-bond donors (Lipinski definition) is 1. The maximum atomic E-state index is 12.6. The van der Waals surface area contributed by atoms with Gasteiger partial charge in [-0.2, -0.15) is 0 Å². The lowest BCUT2D eigenvalue weighted by atomic mass is 10.1. The molecule has 1 aliphatic rings. The van der Waals surface area contributed by atoms with E-state index >= 15 is 0 Å². The van der Waals surface area contributed by atoms with Crippen LogP contribution in [0.2, 0.25) is 18.1 Å². The number of carbonyl (C=O) groups excluding carboxylic acids is 1. The fourth-order valence-corrected chi connectivity index (χ4v) is 3.30. The van der Waals surface area contributed by atoms with Crippen LogP contribution in [-0.4, -0.2) is 49.3 Å². The van der Waals surface area contributed by atoms with Crippen molar-refractivity contribution in [2.75, 3.05) is 13.2 Å². The minimum absolute atomic E-state index is 0.00819. The van der Waals surface area contributed by atoms with Crippen LogP contribution in [0, 0.1) is 0 Å². The Hall–Kier alpha value is -1.81. The molecule has 8 nitrogen and oxygen atoms in total. The van der Waals surface area contributed by atoms with Crippen molar-refractivity contribution in [3.8, 4) is 0 Å². The SMILES string of the molecule is CCO[C@H]1O[C@H](CO[Si](C)(C)C(C)(C)C)C(=O)C=C1n1ccc(=O)[nH]c1=O. The number of carbonyl (C=O) groups is 1. The molecule has 0 fully saturated rings. The molecule has 0 bridgehead atoms. The monoisotopic (exact) mass is 396 g/mol. The van der Waals surface area contributed by atoms with Gasteiger partial charge < -0.3 is 13.9 Å². The summed E-state index contributed by atoms with van der Waals surface area (Å²) in [5.41, 5.74) is -0.953. The average Bonchev–Trinajstić information content (AvgIpc) is 2.54. The standard InChI is InChI=1S/C18H28N2O6Si/c1-7-24-16-12(20-9-8-15(22)19-17(20)23)10-13(21)14(26-16)11-25-27(5,6)18(2,3)4/h8-10,14,16H,7,11H2,1-6H3,(H,19,22,23)/t14-,16+/m1/s1. The second-order valence-electron chi connectivity index (χ2n) is 7.94. The van der Waals surface area contributed by atoms with Crippen molar-refractivity contribution in [2.45, 2.75) is 58.2 Å². The Balaban J connectivity index is 2.27. The van der Waals surface area contributed by atoms with Gasteiger partial charge in [-0.05, 0) is 25.1 Å². The highest BCUT2D eigenvalue weighted by Gasteiger charge is 2.40. The van der Waals surface area contributed by atoms with Crippen LogP contribution in [0.1, 0.15) is 27.7 Å². The highest BCUT2D eigenvalue weighted by Crippen LogP contribution is 2.37. The fraction of sp³-hybridized carbons (Fsp3) is 0.611. The van der Waals surface area contributed by atoms with Crippen molar-refractivity contribution in [2.24, 2.45) is 0 Å². The summed E-state index contributed by atoms with van der Waals surface area (Å²) in [5.74, 6) is -0.308. The highest BCUT2D eigenvalue weighted by atomic mass is 28.4. The normalized spacial score (nSPS) is 21.3. The lowest BCUT2D eigenvalue weighted by molar-refractivity contribution is -0.163. The first-order chi connectivity index (χ1) is 12.5. The maximum absolute atomic E-state index is 12.6. The number of rotatable bonds is 6. The van der Waals surface area contributed by atoms with E-state index in [4.69, 9.17) is 13.9 Å². The third-order valence-corrected chi connectivity index (χ3v) is 9.46. The van der Waals surface area contributed by atoms with E-state index < -0.39 is 32.0 Å². The Bertz CT molecular complexity index is 833. The summed E-state index contributed by atoms with van der Waals surface area (Å²) in [5, 5.41) is 0.00819. The van der Waals surface area contributed by atoms with Crippen LogP contribution in [0.3, 0.4) is 0 Å². The molecule has 0 spiro atoms. The maximum Gasteiger partial charge on any atom is 0.332 e. The van der Waals surface area contributed by atoms with Gasteiger partial charge in [-0.1, -0.05) is 20.8 Å². The number of hydrogen-bond acceptors (Lipinski definition) is 6. The lowest BCUT2D eigenvalue weighted by Gasteiger charge is -2.38. The van der Waals surface area contributed by atoms with E-state index in [2.05, 4.69) is 38.8 Å². The number of aromatic nitrogens is 2. The van der Waals surface area contributed by atoms with E-state index in [9.17, 15) is 14.4 Å². The second-order valence-corrected chi connectivity index (χ2v) is 12.7. The summed E-state index contributed by atoms with van der Waals surface area (Å²) < 4.78 is 18.6. The molecular weight excluding hydrogens is 368 g/mol. The third-order valence-electron chi connectivity index (χ3n) is 4.96. The topological polar surface area (TPSA) is 99.6 Å². The number of ketones is 1. The minimum atomic E-state index is -2.04. The van der Waals surface area contributed by atoms with Crippen LogP contribution < -0.4 is 11.2 Å². The van der Waals surface area contributed by atoms with Gasteiger partial charge in [-0.3, -0.25) is 19.1 Å². The quantitative estimate of drug-likeness (QED) is 0.735. The number of aromatic amines is 1. The lowest BCUT2D eigenvalue weighted by Crippen LogP contribution is -2.47. The summed E-state index contributed by atoms with van der Waals surface area (Å²) in [6.45, 7) is 12.8. The Morgan fingerprint density at radius 1 is 1.26 bits per heavy atom. The molecule has 0 unspecified atom stereocenters. The molecule has 2 heterocycles. The van der Waals surface area contributed by atoms with Gasteiger partial charge >= 0.3 is 5.69 Å². The van der Waals surface area contributed by atoms with E-state index in [-0.39, 0.29) is 23.1 Å². The molecular formula is C18H28N2O6Si. The Kier molecular flexibility index (Phi) is 6.41. The van der Waals surface area contributed by atoms with Crippen LogP contribution in [0.25, 0.3) is 5.70 Å². The van der Waals surface area contributed by atoms with Crippen LogP contribution in [0.15, 0.2) is 27.9 Å². The van der Waals surface area contributed by atoms with Gasteiger partial charge in [-0.15, -0.1) is 0 Å². The van der Waals surface area contributed by atoms with Crippen molar-refractivity contribution in [1.29, 1.82) is 0 Å². The first-order valence-corrected chi connectivity index (χ1v) is 11.9. The zero-order valence-electron chi connectivity index (χ0n) is 16.7. The van der Waals surface area contributed by atoms with E-state index in [0.29, 0.717) is 6.61 Å². The number of nitrogens with zero attached hydrogens (tertiary/aromatic N) is 1. The minimum Gasteiger partial charge on any atom is -0.414 e. The number of ether oxygens (including phenoxy) is 2. The van der Waals surface area contributed by atoms with Crippen LogP contribution in [-0.2, 0) is 18.7 Å². The zero-order valence-corrected chi connectivity index (χ0v) is 17.7. The van der Waals surface area contributed by atoms with E-state index in [1.54, 1.807) is 6.92 Å². The molecule has 2 rings (SSSR count). The van der Waals surface area contributed by atoms with Crippen molar-refractivity contribution >= 4 is 19.8 Å². The average molecular weight is 397 g/mol. The summed E-state index contributed by atoms with van der Waals surface area (Å²) in [6, 6.07) is 1.20. The summed E-state index contributed by atoms with van der Waals surface area (Å²) >= 11 is 0. The van der Waals surface area contributed by atoms with Crippen LogP contribution in [0.5, 0.6) is 0 Å². The van der Waals surface area contributed by atoms with Crippen molar-refractivity contribution < 1.29 is 18.7 Å². The van der Waals surface area contributed by atoms with Gasteiger partial charge in [0.2, 0.25) is 6.29 Å². The number of nitrogens with one attached hydrogen (secondary N) is 1. The summed E-state index contributed by atoms with van der Waals surface area (Å²) in [6.07, 6.45) is 0.896. The summed E-state index contributed by atoms with van der Waals surface area (Å²) in [4.78, 5) is 38.1. The van der Waals surface area contributed by atoms with Crippen molar-refractivity contribution in [3.63, 3.8) is 0 Å². The Morgan fingerprint density at radius 3 is 2.48 bits per heavy atom. The molecule has 0 saturated heterocycles. The van der Waals surface area contributed by atoms with Gasteiger partial charge in [0.25, 0.3) is 5.56 Å². The Labute approximate surface area is 159 Å². The molecule has 1 N–H and O–H groups in total. The molecule has 0 amide bonds. The molecule has 1 aromatic rings. The molecule has 2 atom stereocenters. The first kappa shape index (κ1) is 21.5. The second kappa shape index (κ2) is 8.05. The molecule has 1 aromatic heterocycles. The predicted molar refractivity (Wildman–Crippen MR) is 104 cm³/mol. The Morgan fingerprint density at radius 2 is 1.93 bits per heavy atom. The number of H-pyrrole nitrogens is 1.